The molecular formula is C13H8F6S. The molecule has 0 amide bonds. The van der Waals surface area contributed by atoms with Crippen LogP contribution in [0.2, 0.25) is 0 Å². The number of hydrogen-bond acceptors (Lipinski definition) is 1. The summed E-state index contributed by atoms with van der Waals surface area (Å²) in [4.78, 5) is -0.750. The number of alkyl halides is 6. The second-order valence-corrected chi connectivity index (χ2v) is 5.10. The van der Waals surface area contributed by atoms with Crippen LogP contribution < -0.4 is 0 Å². The van der Waals surface area contributed by atoms with Gasteiger partial charge in [-0.05, 0) is 35.1 Å². The van der Waals surface area contributed by atoms with E-state index in [2.05, 4.69) is 0 Å². The predicted octanol–water partition coefficient (Wildman–Crippen LogP) is 5.38. The van der Waals surface area contributed by atoms with Gasteiger partial charge < -0.3 is 0 Å². The fraction of sp³-hybridized carbons (Fsp3) is 0.231. The van der Waals surface area contributed by atoms with Crippen molar-refractivity contribution < 1.29 is 26.3 Å². The van der Waals surface area contributed by atoms with Crippen molar-refractivity contribution in [3.05, 3.63) is 57.3 Å². The average Bonchev–Trinajstić information content (AvgIpc) is 2.76. The Labute approximate surface area is 114 Å². The predicted molar refractivity (Wildman–Crippen MR) is 63.6 cm³/mol. The SMILES string of the molecule is FC(F)(F)c1cccc(Cc2csc(C(F)(F)F)c2)c1. The van der Waals surface area contributed by atoms with E-state index < -0.39 is 22.8 Å². The van der Waals surface area contributed by atoms with Crippen LogP contribution in [-0.2, 0) is 18.8 Å². The van der Waals surface area contributed by atoms with Crippen LogP contribution in [0.5, 0.6) is 0 Å². The van der Waals surface area contributed by atoms with Gasteiger partial charge in [0.05, 0.1) is 5.56 Å². The van der Waals surface area contributed by atoms with Crippen LogP contribution >= 0.6 is 11.3 Å². The maximum Gasteiger partial charge on any atom is 0.425 e. The zero-order valence-corrected chi connectivity index (χ0v) is 10.7. The molecule has 20 heavy (non-hydrogen) atoms. The lowest BCUT2D eigenvalue weighted by Crippen LogP contribution is -2.05. The molecule has 0 aliphatic heterocycles. The minimum Gasteiger partial charge on any atom is -0.166 e. The quantitative estimate of drug-likeness (QED) is 0.654. The lowest BCUT2D eigenvalue weighted by molar-refractivity contribution is -0.137. The Morgan fingerprint density at radius 1 is 0.850 bits per heavy atom. The van der Waals surface area contributed by atoms with Gasteiger partial charge in [-0.2, -0.15) is 26.3 Å². The van der Waals surface area contributed by atoms with Crippen molar-refractivity contribution in [2.75, 3.05) is 0 Å². The van der Waals surface area contributed by atoms with Crippen LogP contribution in [0.15, 0.2) is 35.7 Å². The summed E-state index contributed by atoms with van der Waals surface area (Å²) in [6.45, 7) is 0. The first-order chi connectivity index (χ1) is 9.16. The van der Waals surface area contributed by atoms with E-state index in [1.807, 2.05) is 0 Å². The van der Waals surface area contributed by atoms with Crippen molar-refractivity contribution >= 4 is 11.3 Å². The van der Waals surface area contributed by atoms with E-state index >= 15 is 0 Å². The van der Waals surface area contributed by atoms with Crippen molar-refractivity contribution in [3.63, 3.8) is 0 Å². The normalized spacial score (nSPS) is 12.7. The topological polar surface area (TPSA) is 0 Å². The lowest BCUT2D eigenvalue weighted by atomic mass is 10.0. The molecule has 108 valence electrons. The molecule has 7 heteroatoms. The van der Waals surface area contributed by atoms with Gasteiger partial charge in [-0.15, -0.1) is 11.3 Å². The zero-order valence-electron chi connectivity index (χ0n) is 9.85. The largest absolute Gasteiger partial charge is 0.425 e. The Hall–Kier alpha value is -1.50. The average molecular weight is 310 g/mol. The molecule has 0 N–H and O–H groups in total. The minimum atomic E-state index is -4.46. The zero-order chi connectivity index (χ0) is 15.0. The van der Waals surface area contributed by atoms with Gasteiger partial charge in [-0.25, -0.2) is 0 Å². The standard InChI is InChI=1S/C13H8F6S/c14-12(15,16)10-3-1-2-8(5-10)4-9-6-11(20-7-9)13(17,18)19/h1-3,5-7H,4H2. The Balaban J connectivity index is 2.20. The molecule has 1 aromatic heterocycles. The molecule has 2 aromatic rings. The summed E-state index contributed by atoms with van der Waals surface area (Å²) in [6.07, 6.45) is -8.84. The number of benzene rings is 1. The third-order valence-electron chi connectivity index (χ3n) is 2.60. The molecule has 1 heterocycles. The number of thiophene rings is 1. The van der Waals surface area contributed by atoms with Crippen molar-refractivity contribution in [2.24, 2.45) is 0 Å². The van der Waals surface area contributed by atoms with Gasteiger partial charge in [0.15, 0.2) is 0 Å². The Kier molecular flexibility index (Phi) is 3.82. The molecule has 0 saturated carbocycles. The molecular weight excluding hydrogens is 302 g/mol. The molecule has 0 unspecified atom stereocenters. The van der Waals surface area contributed by atoms with Crippen molar-refractivity contribution in [2.45, 2.75) is 18.8 Å². The monoisotopic (exact) mass is 310 g/mol. The van der Waals surface area contributed by atoms with Gasteiger partial charge in [-0.1, -0.05) is 18.2 Å². The minimum absolute atomic E-state index is 0.0382. The highest BCUT2D eigenvalue weighted by Gasteiger charge is 2.32. The molecule has 0 aliphatic rings. The maximum absolute atomic E-state index is 12.5. The van der Waals surface area contributed by atoms with Crippen LogP contribution in [0, 0.1) is 0 Å². The van der Waals surface area contributed by atoms with E-state index in [9.17, 15) is 26.3 Å². The molecule has 0 atom stereocenters. The number of halogens is 6. The van der Waals surface area contributed by atoms with Crippen molar-refractivity contribution in [3.8, 4) is 0 Å². The fourth-order valence-corrected chi connectivity index (χ4v) is 2.49. The van der Waals surface area contributed by atoms with Gasteiger partial charge in [0, 0.05) is 0 Å². The van der Waals surface area contributed by atoms with Gasteiger partial charge >= 0.3 is 12.4 Å². The Bertz CT molecular complexity index is 593. The third-order valence-corrected chi connectivity index (χ3v) is 3.62. The second-order valence-electron chi connectivity index (χ2n) is 4.19. The molecule has 0 saturated heterocycles. The van der Waals surface area contributed by atoms with Crippen LogP contribution in [-0.4, -0.2) is 0 Å². The summed E-state index contributed by atoms with van der Waals surface area (Å²) < 4.78 is 74.8. The summed E-state index contributed by atoms with van der Waals surface area (Å²) >= 11 is 0.538. The molecule has 0 aliphatic carbocycles. The van der Waals surface area contributed by atoms with E-state index in [-0.39, 0.29) is 6.42 Å². The van der Waals surface area contributed by atoms with E-state index in [0.29, 0.717) is 22.5 Å². The van der Waals surface area contributed by atoms with Gasteiger partial charge in [-0.3, -0.25) is 0 Å². The highest BCUT2D eigenvalue weighted by Crippen LogP contribution is 2.35. The highest BCUT2D eigenvalue weighted by atomic mass is 32.1. The van der Waals surface area contributed by atoms with Crippen LogP contribution in [0.4, 0.5) is 26.3 Å². The van der Waals surface area contributed by atoms with Gasteiger partial charge in [0.25, 0.3) is 0 Å². The van der Waals surface area contributed by atoms with Gasteiger partial charge in [0.1, 0.15) is 4.88 Å². The molecule has 1 aromatic carbocycles. The molecule has 0 fully saturated rings. The third kappa shape index (κ3) is 3.53. The first kappa shape index (κ1) is 14.9. The summed E-state index contributed by atoms with van der Waals surface area (Å²) in [5.74, 6) is 0. The number of hydrogen-bond donors (Lipinski definition) is 0. The van der Waals surface area contributed by atoms with Gasteiger partial charge in [0.2, 0.25) is 0 Å². The maximum atomic E-state index is 12.5. The van der Waals surface area contributed by atoms with E-state index in [1.165, 1.54) is 17.5 Å². The van der Waals surface area contributed by atoms with Crippen molar-refractivity contribution in [1.82, 2.24) is 0 Å². The first-order valence-corrected chi connectivity index (χ1v) is 6.35. The number of rotatable bonds is 2. The highest BCUT2D eigenvalue weighted by molar-refractivity contribution is 7.10. The fourth-order valence-electron chi connectivity index (χ4n) is 1.71. The van der Waals surface area contributed by atoms with E-state index in [4.69, 9.17) is 0 Å². The lowest BCUT2D eigenvalue weighted by Gasteiger charge is -2.08. The molecule has 0 radical (unpaired) electrons. The summed E-state index contributed by atoms with van der Waals surface area (Å²) in [7, 11) is 0. The summed E-state index contributed by atoms with van der Waals surface area (Å²) in [5.41, 5.74) is -0.130. The summed E-state index contributed by atoms with van der Waals surface area (Å²) in [5, 5.41) is 1.31. The molecule has 0 spiro atoms. The smallest absolute Gasteiger partial charge is 0.166 e. The van der Waals surface area contributed by atoms with E-state index in [1.54, 1.807) is 0 Å². The first-order valence-electron chi connectivity index (χ1n) is 5.47. The molecule has 0 nitrogen and oxygen atoms in total. The van der Waals surface area contributed by atoms with Crippen LogP contribution in [0.25, 0.3) is 0 Å². The molecule has 2 rings (SSSR count). The Morgan fingerprint density at radius 3 is 2.10 bits per heavy atom. The summed E-state index contributed by atoms with van der Waals surface area (Å²) in [6, 6.07) is 5.55. The second kappa shape index (κ2) is 5.12. The van der Waals surface area contributed by atoms with Crippen LogP contribution in [0.1, 0.15) is 21.6 Å². The molecule has 0 bridgehead atoms. The Morgan fingerprint density at radius 2 is 1.55 bits per heavy atom. The van der Waals surface area contributed by atoms with E-state index in [0.717, 1.165) is 18.2 Å². The van der Waals surface area contributed by atoms with Crippen molar-refractivity contribution in [1.29, 1.82) is 0 Å². The van der Waals surface area contributed by atoms with Crippen LogP contribution in [0.3, 0.4) is 0 Å².